The molecule has 0 aliphatic carbocycles. The molecule has 0 bridgehead atoms. The molecule has 2 aliphatic heterocycles. The second-order valence-electron chi connectivity index (χ2n) is 11.4. The van der Waals surface area contributed by atoms with Gasteiger partial charge in [0, 0.05) is 42.2 Å². The van der Waals surface area contributed by atoms with E-state index >= 15 is 0 Å². The Labute approximate surface area is 257 Å². The van der Waals surface area contributed by atoms with Crippen molar-refractivity contribution in [3.8, 4) is 5.75 Å². The molecule has 0 N–H and O–H groups in total. The minimum absolute atomic E-state index is 0.0563. The molecule has 0 amide bonds. The van der Waals surface area contributed by atoms with Crippen molar-refractivity contribution in [3.63, 3.8) is 0 Å². The predicted molar refractivity (Wildman–Crippen MR) is 169 cm³/mol. The van der Waals surface area contributed by atoms with Gasteiger partial charge in [-0.1, -0.05) is 36.7 Å². The van der Waals surface area contributed by atoms with E-state index in [-0.39, 0.29) is 24.8 Å². The summed E-state index contributed by atoms with van der Waals surface area (Å²) in [6, 6.07) is 18.9. The van der Waals surface area contributed by atoms with Crippen molar-refractivity contribution >= 4 is 33.7 Å². The summed E-state index contributed by atoms with van der Waals surface area (Å²) in [5.74, 6) is 0.470. The van der Waals surface area contributed by atoms with Gasteiger partial charge in [0.05, 0.1) is 18.4 Å². The van der Waals surface area contributed by atoms with Gasteiger partial charge in [-0.25, -0.2) is 9.07 Å². The zero-order valence-corrected chi connectivity index (χ0v) is 25.3. The van der Waals surface area contributed by atoms with Gasteiger partial charge in [0.15, 0.2) is 6.23 Å². The van der Waals surface area contributed by atoms with Crippen molar-refractivity contribution in [1.82, 2.24) is 14.7 Å². The van der Waals surface area contributed by atoms with Crippen LogP contribution in [0.1, 0.15) is 68.4 Å². The lowest BCUT2D eigenvalue weighted by molar-refractivity contribution is -0.0366. The normalized spacial score (nSPS) is 20.0. The molecule has 6 rings (SSSR count). The van der Waals surface area contributed by atoms with Crippen LogP contribution in [0.15, 0.2) is 66.9 Å². The van der Waals surface area contributed by atoms with Crippen LogP contribution in [-0.4, -0.2) is 53.7 Å². The fraction of sp³-hybridized carbons (Fsp3) is 0.400. The molecule has 2 aliphatic rings. The molecule has 2 atom stereocenters. The molecule has 5 nitrogen and oxygen atoms in total. The van der Waals surface area contributed by atoms with Crippen molar-refractivity contribution in [3.05, 3.63) is 94.4 Å². The average Bonchev–Trinajstić information content (AvgIpc) is 3.67. The van der Waals surface area contributed by atoms with Gasteiger partial charge in [-0.15, -0.1) is 0 Å². The van der Waals surface area contributed by atoms with Gasteiger partial charge >= 0.3 is 0 Å². The monoisotopic (exact) mass is 605 g/mol. The Morgan fingerprint density at radius 2 is 1.88 bits per heavy atom. The number of nitrogens with zero attached hydrogens (tertiary/aromatic N) is 3. The number of rotatable bonds is 10. The molecule has 0 saturated carbocycles. The van der Waals surface area contributed by atoms with Crippen LogP contribution in [0, 0.1) is 5.82 Å². The first-order chi connectivity index (χ1) is 21.0. The molecule has 43 heavy (non-hydrogen) atoms. The van der Waals surface area contributed by atoms with Gasteiger partial charge in [-0.05, 0) is 103 Å². The second-order valence-corrected chi connectivity index (χ2v) is 11.8. The van der Waals surface area contributed by atoms with Crippen molar-refractivity contribution in [1.29, 1.82) is 0 Å². The van der Waals surface area contributed by atoms with Gasteiger partial charge < -0.3 is 9.47 Å². The van der Waals surface area contributed by atoms with Crippen LogP contribution < -0.4 is 4.74 Å². The molecule has 0 radical (unpaired) electrons. The number of benzene rings is 3. The zero-order valence-electron chi connectivity index (χ0n) is 24.6. The van der Waals surface area contributed by atoms with Crippen molar-refractivity contribution < 1.29 is 18.3 Å². The number of likely N-dealkylation sites (tertiary alicyclic amines) is 1. The third-order valence-corrected chi connectivity index (χ3v) is 8.84. The fourth-order valence-electron chi connectivity index (χ4n) is 6.37. The molecule has 226 valence electrons. The zero-order chi connectivity index (χ0) is 29.8. The predicted octanol–water partition coefficient (Wildman–Crippen LogP) is 8.71. The number of alkyl halides is 1. The van der Waals surface area contributed by atoms with E-state index in [1.165, 1.54) is 12.1 Å². The summed E-state index contributed by atoms with van der Waals surface area (Å²) >= 11 is 6.74. The Kier molecular flexibility index (Phi) is 9.41. The number of hydrogen-bond donors (Lipinski definition) is 0. The van der Waals surface area contributed by atoms with Gasteiger partial charge in [0.2, 0.25) is 0 Å². The van der Waals surface area contributed by atoms with Crippen LogP contribution in [0.2, 0.25) is 5.02 Å². The summed E-state index contributed by atoms with van der Waals surface area (Å²) in [6.45, 7) is 5.09. The maximum Gasteiger partial charge on any atom is 0.150 e. The number of hydrogen-bond acceptors (Lipinski definition) is 4. The maximum absolute atomic E-state index is 14.7. The lowest BCUT2D eigenvalue weighted by Crippen LogP contribution is -2.26. The van der Waals surface area contributed by atoms with Gasteiger partial charge in [0.25, 0.3) is 0 Å². The number of ether oxygens (including phenoxy) is 2. The highest BCUT2D eigenvalue weighted by molar-refractivity contribution is 6.33. The minimum atomic E-state index is -0.337. The number of allylic oxidation sites excluding steroid dienone is 1. The summed E-state index contributed by atoms with van der Waals surface area (Å²) < 4.78 is 41.5. The maximum atomic E-state index is 14.7. The van der Waals surface area contributed by atoms with Crippen molar-refractivity contribution in [2.45, 2.75) is 57.8 Å². The topological polar surface area (TPSA) is 39.5 Å². The number of halogens is 3. The molecule has 3 aromatic carbocycles. The molecule has 8 heteroatoms. The highest BCUT2D eigenvalue weighted by atomic mass is 35.5. The van der Waals surface area contributed by atoms with Crippen molar-refractivity contribution in [2.75, 3.05) is 32.9 Å². The largest absolute Gasteiger partial charge is 0.489 e. The van der Waals surface area contributed by atoms with Crippen LogP contribution in [-0.2, 0) is 4.74 Å². The first-order valence-electron chi connectivity index (χ1n) is 15.4. The molecule has 2 unspecified atom stereocenters. The molecular formula is C35H38ClF2N3O2. The SMILES string of the molecule is CC/C(=C(\c1ccc2c(cnn2C2CCCCO2)c1)c1cc(F)ccc1Cl)c1ccc(OC2CCN(CCCF)C2)cc1. The highest BCUT2D eigenvalue weighted by Crippen LogP contribution is 2.39. The first kappa shape index (κ1) is 29.8. The minimum Gasteiger partial charge on any atom is -0.489 e. The van der Waals surface area contributed by atoms with Gasteiger partial charge in [-0.3, -0.25) is 9.29 Å². The Bertz CT molecular complexity index is 1580. The fourth-order valence-corrected chi connectivity index (χ4v) is 6.58. The summed E-state index contributed by atoms with van der Waals surface area (Å²) in [7, 11) is 0. The lowest BCUT2D eigenvalue weighted by Gasteiger charge is -2.23. The van der Waals surface area contributed by atoms with E-state index in [4.69, 9.17) is 21.1 Å². The Morgan fingerprint density at radius 3 is 2.65 bits per heavy atom. The quantitative estimate of drug-likeness (QED) is 0.170. The summed E-state index contributed by atoms with van der Waals surface area (Å²) in [5, 5.41) is 6.16. The standard InChI is InChI=1S/C35H38ClF2N3O2/c1-2-30(24-7-11-28(12-8-24)43-29-15-18-40(23-29)17-5-16-37)35(31-21-27(38)10-13-32(31)36)25-9-14-33-26(20-25)22-39-41(33)34-6-3-4-19-42-34/h7-14,20-22,29,34H,2-6,15-19,23H2,1H3/b35-30-. The molecular weight excluding hydrogens is 568 g/mol. The van der Waals surface area contributed by atoms with E-state index in [1.807, 2.05) is 23.0 Å². The van der Waals surface area contributed by atoms with E-state index in [9.17, 15) is 8.78 Å². The Morgan fingerprint density at radius 1 is 1.05 bits per heavy atom. The molecule has 2 saturated heterocycles. The van der Waals surface area contributed by atoms with Crippen LogP contribution in [0.4, 0.5) is 8.78 Å². The molecule has 1 aromatic heterocycles. The lowest BCUT2D eigenvalue weighted by atomic mass is 9.87. The molecule has 2 fully saturated rings. The molecule has 3 heterocycles. The number of fused-ring (bicyclic) bond motifs is 1. The third kappa shape index (κ3) is 6.64. The first-order valence-corrected chi connectivity index (χ1v) is 15.7. The highest BCUT2D eigenvalue weighted by Gasteiger charge is 2.24. The van der Waals surface area contributed by atoms with Crippen LogP contribution in [0.5, 0.6) is 5.75 Å². The molecule has 0 spiro atoms. The molecule has 4 aromatic rings. The van der Waals surface area contributed by atoms with E-state index < -0.39 is 0 Å². The average molecular weight is 606 g/mol. The van der Waals surface area contributed by atoms with Crippen LogP contribution >= 0.6 is 11.6 Å². The van der Waals surface area contributed by atoms with E-state index in [2.05, 4.69) is 47.3 Å². The van der Waals surface area contributed by atoms with Gasteiger partial charge in [0.1, 0.15) is 17.7 Å². The van der Waals surface area contributed by atoms with E-state index in [0.29, 0.717) is 23.4 Å². The summed E-state index contributed by atoms with van der Waals surface area (Å²) in [4.78, 5) is 2.26. The third-order valence-electron chi connectivity index (χ3n) is 8.51. The Hall–Kier alpha value is -3.26. The van der Waals surface area contributed by atoms with Crippen LogP contribution in [0.25, 0.3) is 22.0 Å². The second kappa shape index (κ2) is 13.6. The van der Waals surface area contributed by atoms with E-state index in [0.717, 1.165) is 90.8 Å². The number of aromatic nitrogens is 2. The summed E-state index contributed by atoms with van der Waals surface area (Å²) in [6.07, 6.45) is 7.27. The Balaban J connectivity index is 1.35. The van der Waals surface area contributed by atoms with Crippen LogP contribution in [0.3, 0.4) is 0 Å². The van der Waals surface area contributed by atoms with Crippen molar-refractivity contribution in [2.24, 2.45) is 0 Å². The smallest absolute Gasteiger partial charge is 0.150 e. The summed E-state index contributed by atoms with van der Waals surface area (Å²) in [5.41, 5.74) is 5.58. The van der Waals surface area contributed by atoms with Gasteiger partial charge in [-0.2, -0.15) is 5.10 Å². The van der Waals surface area contributed by atoms with E-state index in [1.54, 1.807) is 6.07 Å².